The second-order valence-electron chi connectivity index (χ2n) is 14.2. The van der Waals surface area contributed by atoms with Crippen molar-refractivity contribution in [1.29, 1.82) is 0 Å². The first-order valence-electron chi connectivity index (χ1n) is 20.2. The van der Waals surface area contributed by atoms with Crippen molar-refractivity contribution in [2.45, 2.75) is 114 Å². The zero-order valence-corrected chi connectivity index (χ0v) is 41.0. The molecule has 0 atom stereocenters. The number of hydrogen-bond acceptors (Lipinski definition) is 5. The number of nitrogens with zero attached hydrogens (tertiary/aromatic N) is 2. The number of anilines is 1. The Morgan fingerprint density at radius 1 is 0.929 bits per heavy atom. The second-order valence-corrected chi connectivity index (χ2v) is 14.8. The quantitative estimate of drug-likeness (QED) is 0.0453. The van der Waals surface area contributed by atoms with Crippen molar-refractivity contribution in [3.63, 3.8) is 0 Å². The van der Waals surface area contributed by atoms with Crippen molar-refractivity contribution in [1.82, 2.24) is 25.8 Å². The maximum Gasteiger partial charge on any atom is 1.00 e. The van der Waals surface area contributed by atoms with Gasteiger partial charge in [0.05, 0.1) is 5.52 Å². The summed E-state index contributed by atoms with van der Waals surface area (Å²) in [5, 5.41) is 19.6. The molecule has 4 aromatic rings. The van der Waals surface area contributed by atoms with Gasteiger partial charge in [0.1, 0.15) is 5.82 Å². The number of aromatic nitrogens is 3. The molecule has 0 radical (unpaired) electrons. The molecule has 0 fully saturated rings. The van der Waals surface area contributed by atoms with Crippen LogP contribution in [0.15, 0.2) is 84.0 Å². The first-order valence-corrected chi connectivity index (χ1v) is 20.7. The summed E-state index contributed by atoms with van der Waals surface area (Å²) in [6, 6.07) is 8.90. The van der Waals surface area contributed by atoms with E-state index in [-0.39, 0.29) is 51.4 Å². The topological polar surface area (TPSA) is 78.9 Å². The number of allylic oxidation sites excluding steroid dienone is 5. The summed E-state index contributed by atoms with van der Waals surface area (Å²) in [6.07, 6.45) is 18.2. The summed E-state index contributed by atoms with van der Waals surface area (Å²) < 4.78 is 0. The summed E-state index contributed by atoms with van der Waals surface area (Å²) in [4.78, 5) is 4.75. The summed E-state index contributed by atoms with van der Waals surface area (Å²) in [6.45, 7) is 31.8. The van der Waals surface area contributed by atoms with Gasteiger partial charge in [-0.25, -0.2) is 0 Å². The van der Waals surface area contributed by atoms with E-state index in [1.165, 1.54) is 93.1 Å². The Bertz CT molecular complexity index is 1870. The molecule has 300 valence electrons. The average molecular weight is 803 g/mol. The van der Waals surface area contributed by atoms with Crippen LogP contribution in [0, 0.1) is 48.5 Å². The molecule has 2 aromatic heterocycles. The van der Waals surface area contributed by atoms with Crippen LogP contribution in [0.4, 0.5) is 5.82 Å². The molecule has 1 aliphatic heterocycles. The largest absolute Gasteiger partial charge is 1.00 e. The zero-order chi connectivity index (χ0) is 40.9. The van der Waals surface area contributed by atoms with E-state index in [9.17, 15) is 0 Å². The SMILES string of the molecule is C=CC1=CC=C(S)C1.C=CNc1[nH]c2c(-c3c(C)n[n-]c3C)c(C)ccc2c1CCCCCC.CC.CNCC1=CCNCC1.Cc1cc(C)c(C)c(C)c1.[K+]. The minimum atomic E-state index is 0. The molecule has 0 saturated carbocycles. The molecule has 2 aromatic carbocycles. The van der Waals surface area contributed by atoms with Crippen LogP contribution in [0.1, 0.15) is 104 Å². The molecule has 2 aliphatic rings. The van der Waals surface area contributed by atoms with Gasteiger partial charge in [0.15, 0.2) is 0 Å². The molecule has 56 heavy (non-hydrogen) atoms. The Hall–Kier alpha value is -2.40. The molecule has 6 rings (SSSR count). The van der Waals surface area contributed by atoms with Crippen molar-refractivity contribution in [3.8, 4) is 11.1 Å². The number of benzene rings is 2. The normalized spacial score (nSPS) is 12.8. The van der Waals surface area contributed by atoms with Gasteiger partial charge >= 0.3 is 51.4 Å². The zero-order valence-electron chi connectivity index (χ0n) is 37.0. The third-order valence-electron chi connectivity index (χ3n) is 9.91. The van der Waals surface area contributed by atoms with Gasteiger partial charge in [-0.1, -0.05) is 120 Å². The van der Waals surface area contributed by atoms with Crippen molar-refractivity contribution in [2.24, 2.45) is 0 Å². The van der Waals surface area contributed by atoms with E-state index in [0.29, 0.717) is 0 Å². The molecule has 8 heteroatoms. The number of H-pyrrole nitrogens is 1. The van der Waals surface area contributed by atoms with Crippen molar-refractivity contribution in [2.75, 3.05) is 32.0 Å². The summed E-state index contributed by atoms with van der Waals surface area (Å²) in [5.74, 6) is 1.06. The van der Waals surface area contributed by atoms with Gasteiger partial charge in [0.25, 0.3) is 0 Å². The number of hydrogen-bond donors (Lipinski definition) is 5. The van der Waals surface area contributed by atoms with E-state index in [1.54, 1.807) is 6.20 Å². The van der Waals surface area contributed by atoms with Gasteiger partial charge in [0, 0.05) is 41.7 Å². The van der Waals surface area contributed by atoms with Crippen molar-refractivity contribution in [3.05, 3.63) is 129 Å². The second kappa shape index (κ2) is 28.1. The number of rotatable bonds is 11. The van der Waals surface area contributed by atoms with Gasteiger partial charge in [-0.2, -0.15) is 0 Å². The van der Waals surface area contributed by atoms with Crippen LogP contribution < -0.4 is 72.4 Å². The monoisotopic (exact) mass is 803 g/mol. The van der Waals surface area contributed by atoms with E-state index >= 15 is 0 Å². The standard InChI is InChI=1S/C22H29N4.C10H14.C7H14N2.C7H8S.C2H6.K/c1-6-8-9-10-11-18-17-13-12-14(3)19(20-15(4)25-26-16(20)5)21(17)24-22(18)23-7-2;1-7-5-8(2)10(4)9(3)6-7;1-8-6-7-2-4-9-5-3-7;1-2-6-3-4-7(8)5-6;1-2;/h7,12-13,23-24H,2,6,8-11H2,1,3-5H3;5-6H,1-4H3;2,8-9H,3-6H2,1H3;2-4,8H,1,5H2;1-2H3;/q-1;;;;;+1. The Labute approximate surface area is 388 Å². The number of aryl methyl sites for hydroxylation is 7. The van der Waals surface area contributed by atoms with Crippen LogP contribution in [0.3, 0.4) is 0 Å². The smallest absolute Gasteiger partial charge is 0.578 e. The molecule has 0 amide bonds. The molecule has 0 bridgehead atoms. The number of fused-ring (bicyclic) bond motifs is 1. The van der Waals surface area contributed by atoms with Crippen LogP contribution in [0.5, 0.6) is 0 Å². The number of nitrogens with one attached hydrogen (secondary N) is 4. The molecular formula is C48H71KN6S. The summed E-state index contributed by atoms with van der Waals surface area (Å²) >= 11 is 4.17. The van der Waals surface area contributed by atoms with E-state index < -0.39 is 0 Å². The number of aromatic amines is 1. The van der Waals surface area contributed by atoms with E-state index in [2.05, 4.69) is 129 Å². The Kier molecular flexibility index (Phi) is 25.9. The van der Waals surface area contributed by atoms with Gasteiger partial charge in [0.2, 0.25) is 0 Å². The fraction of sp³-hybridized carbons (Fsp3) is 0.438. The number of thiol groups is 1. The van der Waals surface area contributed by atoms with Crippen LogP contribution >= 0.6 is 12.6 Å². The molecule has 3 heterocycles. The minimum Gasteiger partial charge on any atom is -0.578 e. The van der Waals surface area contributed by atoms with E-state index in [4.69, 9.17) is 0 Å². The average Bonchev–Trinajstić information content (AvgIpc) is 3.87. The summed E-state index contributed by atoms with van der Waals surface area (Å²) in [7, 11) is 1.99. The van der Waals surface area contributed by atoms with Crippen LogP contribution in [0.25, 0.3) is 22.0 Å². The third-order valence-corrected chi connectivity index (χ3v) is 10.2. The molecule has 0 saturated heterocycles. The van der Waals surface area contributed by atoms with Crippen molar-refractivity contribution < 1.29 is 51.4 Å². The van der Waals surface area contributed by atoms with E-state index in [0.717, 1.165) is 60.2 Å². The van der Waals surface area contributed by atoms with Crippen LogP contribution in [-0.2, 0) is 6.42 Å². The molecule has 4 N–H and O–H groups in total. The van der Waals surface area contributed by atoms with Crippen LogP contribution in [-0.4, -0.2) is 36.8 Å². The maximum absolute atomic E-state index is 4.28. The van der Waals surface area contributed by atoms with Gasteiger partial charge < -0.3 is 31.1 Å². The van der Waals surface area contributed by atoms with E-state index in [1.807, 2.05) is 53.0 Å². The number of unbranched alkanes of at least 4 members (excludes halogenated alkanes) is 3. The van der Waals surface area contributed by atoms with Crippen molar-refractivity contribution >= 4 is 29.3 Å². The predicted molar refractivity (Wildman–Crippen MR) is 247 cm³/mol. The Morgan fingerprint density at radius 3 is 2.12 bits per heavy atom. The fourth-order valence-electron chi connectivity index (χ4n) is 6.81. The maximum atomic E-state index is 4.28. The predicted octanol–water partition coefficient (Wildman–Crippen LogP) is 9.18. The minimum absolute atomic E-state index is 0. The first-order chi connectivity index (χ1) is 26.4. The van der Waals surface area contributed by atoms with Crippen LogP contribution in [0.2, 0.25) is 0 Å². The molecule has 1 aliphatic carbocycles. The van der Waals surface area contributed by atoms with Gasteiger partial charge in [-0.15, -0.1) is 18.3 Å². The van der Waals surface area contributed by atoms with Gasteiger partial charge in [-0.3, -0.25) is 0 Å². The Balaban J connectivity index is 0.000000428. The fourth-order valence-corrected chi connectivity index (χ4v) is 7.07. The number of likely N-dealkylation sites (N-methyl/N-ethyl adjacent to an activating group) is 1. The van der Waals surface area contributed by atoms with Gasteiger partial charge in [-0.05, 0) is 119 Å². The molecular weight excluding hydrogens is 732 g/mol. The summed E-state index contributed by atoms with van der Waals surface area (Å²) in [5.41, 5.74) is 16.5. The third kappa shape index (κ3) is 16.1. The molecule has 6 nitrogen and oxygen atoms in total. The Morgan fingerprint density at radius 2 is 1.62 bits per heavy atom. The molecule has 0 unspecified atom stereocenters. The first kappa shape index (κ1) is 51.6. The molecule has 0 spiro atoms.